The summed E-state index contributed by atoms with van der Waals surface area (Å²) in [5.74, 6) is 0.503. The number of rotatable bonds is 4. The van der Waals surface area contributed by atoms with Gasteiger partial charge in [-0.2, -0.15) is 14.9 Å². The summed E-state index contributed by atoms with van der Waals surface area (Å²) in [7, 11) is 0. The van der Waals surface area contributed by atoms with Gasteiger partial charge in [0.25, 0.3) is 0 Å². The summed E-state index contributed by atoms with van der Waals surface area (Å²) in [5, 5.41) is 12.3. The molecule has 2 aromatic carbocycles. The van der Waals surface area contributed by atoms with Crippen molar-refractivity contribution < 1.29 is 0 Å². The molecule has 0 aliphatic heterocycles. The molecule has 3 aromatic rings. The molecule has 1 heterocycles. The monoisotopic (exact) mass is 452 g/mol. The Labute approximate surface area is 167 Å². The number of benzene rings is 2. The number of hydrogen-bond acceptors (Lipinski definition) is 3. The van der Waals surface area contributed by atoms with Crippen molar-refractivity contribution in [3.05, 3.63) is 73.4 Å². The third-order valence-corrected chi connectivity index (χ3v) is 4.47. The molecule has 0 amide bonds. The van der Waals surface area contributed by atoms with E-state index >= 15 is 0 Å². The van der Waals surface area contributed by atoms with Gasteiger partial charge in [0.2, 0.25) is 4.77 Å². The van der Waals surface area contributed by atoms with Gasteiger partial charge in [0.1, 0.15) is 0 Å². The van der Waals surface area contributed by atoms with E-state index in [1.807, 2.05) is 36.4 Å². The lowest BCUT2D eigenvalue weighted by Gasteiger charge is -2.03. The predicted molar refractivity (Wildman–Crippen MR) is 110 cm³/mol. The number of H-pyrrole nitrogens is 1. The zero-order chi connectivity index (χ0) is 17.8. The first-order chi connectivity index (χ1) is 12.0. The zero-order valence-electron chi connectivity index (χ0n) is 12.7. The Morgan fingerprint density at radius 2 is 1.96 bits per heavy atom. The van der Waals surface area contributed by atoms with E-state index in [4.69, 9.17) is 35.4 Å². The highest BCUT2D eigenvalue weighted by Gasteiger charge is 2.12. The molecule has 0 spiro atoms. The molecular weight excluding hydrogens is 443 g/mol. The van der Waals surface area contributed by atoms with Crippen LogP contribution < -0.4 is 0 Å². The van der Waals surface area contributed by atoms with Crippen molar-refractivity contribution in [3.63, 3.8) is 0 Å². The summed E-state index contributed by atoms with van der Waals surface area (Å²) in [6, 6.07) is 15.1. The normalized spacial score (nSPS) is 12.0. The van der Waals surface area contributed by atoms with Crippen LogP contribution in [0.5, 0.6) is 0 Å². The number of aromatic amines is 1. The Morgan fingerprint density at radius 3 is 2.68 bits per heavy atom. The second kappa shape index (κ2) is 8.10. The van der Waals surface area contributed by atoms with Crippen LogP contribution >= 0.6 is 51.3 Å². The highest BCUT2D eigenvalue weighted by Crippen LogP contribution is 2.29. The van der Waals surface area contributed by atoms with Crippen LogP contribution in [0.4, 0.5) is 0 Å². The second-order valence-electron chi connectivity index (χ2n) is 4.97. The number of nitrogens with zero attached hydrogens (tertiary/aromatic N) is 3. The summed E-state index contributed by atoms with van der Waals surface area (Å²) in [6.07, 6.45) is 3.59. The molecule has 4 nitrogen and oxygen atoms in total. The molecule has 0 radical (unpaired) electrons. The summed E-state index contributed by atoms with van der Waals surface area (Å²) in [6.45, 7) is 0. The molecule has 0 aliphatic carbocycles. The van der Waals surface area contributed by atoms with Crippen LogP contribution in [-0.4, -0.2) is 21.1 Å². The van der Waals surface area contributed by atoms with E-state index in [2.05, 4.69) is 31.2 Å². The lowest BCUT2D eigenvalue weighted by Crippen LogP contribution is -1.95. The highest BCUT2D eigenvalue weighted by atomic mass is 79.9. The predicted octanol–water partition coefficient (Wildman–Crippen LogP) is 6.18. The molecule has 0 saturated carbocycles. The van der Waals surface area contributed by atoms with E-state index in [1.54, 1.807) is 24.4 Å². The molecule has 25 heavy (non-hydrogen) atoms. The number of allylic oxidation sites excluding steroid dienone is 1. The van der Waals surface area contributed by atoms with Gasteiger partial charge in [-0.3, -0.25) is 0 Å². The molecule has 1 N–H and O–H groups in total. The Morgan fingerprint density at radius 1 is 1.20 bits per heavy atom. The molecule has 3 rings (SSSR count). The largest absolute Gasteiger partial charge is 0.250 e. The molecule has 0 saturated heterocycles. The first-order valence-corrected chi connectivity index (χ1v) is 9.10. The third kappa shape index (κ3) is 4.46. The first-order valence-electron chi connectivity index (χ1n) is 7.14. The standard InChI is InChI=1S/C17H11BrCl2N4S/c18-12(8-11-4-2-1-3-5-11)10-21-24-16(22-23-17(24)25)14-7-6-13(19)9-15(14)20/h1-10H,(H,23,25). The minimum atomic E-state index is 0.359. The van der Waals surface area contributed by atoms with Crippen molar-refractivity contribution in [2.24, 2.45) is 5.10 Å². The van der Waals surface area contributed by atoms with Gasteiger partial charge in [-0.15, -0.1) is 0 Å². The number of nitrogens with one attached hydrogen (secondary N) is 1. The van der Waals surface area contributed by atoms with Gasteiger partial charge in [0, 0.05) is 15.1 Å². The molecule has 0 bridgehead atoms. The highest BCUT2D eigenvalue weighted by molar-refractivity contribution is 9.12. The Balaban J connectivity index is 1.95. The van der Waals surface area contributed by atoms with Crippen molar-refractivity contribution in [2.75, 3.05) is 0 Å². The minimum absolute atomic E-state index is 0.359. The fraction of sp³-hybridized carbons (Fsp3) is 0. The molecule has 0 atom stereocenters. The Kier molecular flexibility index (Phi) is 5.86. The van der Waals surface area contributed by atoms with Gasteiger partial charge in [0.15, 0.2) is 5.82 Å². The van der Waals surface area contributed by atoms with Gasteiger partial charge < -0.3 is 0 Å². The molecule has 126 valence electrons. The maximum Gasteiger partial charge on any atom is 0.216 e. The molecule has 8 heteroatoms. The van der Waals surface area contributed by atoms with Crippen LogP contribution in [0.1, 0.15) is 5.56 Å². The second-order valence-corrected chi connectivity index (χ2v) is 7.12. The van der Waals surface area contributed by atoms with Gasteiger partial charge >= 0.3 is 0 Å². The van der Waals surface area contributed by atoms with Crippen molar-refractivity contribution in [2.45, 2.75) is 0 Å². The summed E-state index contributed by atoms with van der Waals surface area (Å²) >= 11 is 20.9. The minimum Gasteiger partial charge on any atom is -0.250 e. The zero-order valence-corrected chi connectivity index (χ0v) is 16.6. The molecular formula is C17H11BrCl2N4S. The lowest BCUT2D eigenvalue weighted by atomic mass is 10.2. The van der Waals surface area contributed by atoms with E-state index in [1.165, 1.54) is 4.68 Å². The number of halogens is 3. The van der Waals surface area contributed by atoms with E-state index in [-0.39, 0.29) is 0 Å². The van der Waals surface area contributed by atoms with E-state index < -0.39 is 0 Å². The lowest BCUT2D eigenvalue weighted by molar-refractivity contribution is 0.872. The van der Waals surface area contributed by atoms with Gasteiger partial charge in [-0.1, -0.05) is 53.5 Å². The maximum absolute atomic E-state index is 6.26. The van der Waals surface area contributed by atoms with Crippen LogP contribution in [0, 0.1) is 4.77 Å². The quantitative estimate of drug-likeness (QED) is 0.378. The smallest absolute Gasteiger partial charge is 0.216 e. The Hall–Kier alpha value is -1.73. The molecule has 1 aromatic heterocycles. The topological polar surface area (TPSA) is 46.0 Å². The average molecular weight is 454 g/mol. The molecule has 0 fully saturated rings. The van der Waals surface area contributed by atoms with Crippen LogP contribution in [0.25, 0.3) is 17.5 Å². The summed E-state index contributed by atoms with van der Waals surface area (Å²) < 4.78 is 2.65. The van der Waals surface area contributed by atoms with E-state index in [0.717, 1.165) is 10.0 Å². The van der Waals surface area contributed by atoms with Gasteiger partial charge in [-0.05, 0) is 58.0 Å². The van der Waals surface area contributed by atoms with Crippen LogP contribution in [0.2, 0.25) is 10.0 Å². The summed E-state index contributed by atoms with van der Waals surface area (Å²) in [4.78, 5) is 0. The number of aromatic nitrogens is 3. The number of hydrogen-bond donors (Lipinski definition) is 1. The van der Waals surface area contributed by atoms with Crippen LogP contribution in [0.3, 0.4) is 0 Å². The fourth-order valence-electron chi connectivity index (χ4n) is 2.10. The van der Waals surface area contributed by atoms with Crippen molar-refractivity contribution in [1.82, 2.24) is 14.9 Å². The van der Waals surface area contributed by atoms with Crippen molar-refractivity contribution >= 4 is 63.6 Å². The van der Waals surface area contributed by atoms with E-state index in [9.17, 15) is 0 Å². The SMILES string of the molecule is S=c1[nH]nc(-c2ccc(Cl)cc2Cl)n1N=CC(Br)=Cc1ccccc1. The first kappa shape index (κ1) is 18.1. The van der Waals surface area contributed by atoms with Gasteiger partial charge in [0.05, 0.1) is 11.2 Å². The molecule has 0 aliphatic rings. The van der Waals surface area contributed by atoms with Crippen molar-refractivity contribution in [3.8, 4) is 11.4 Å². The van der Waals surface area contributed by atoms with Crippen molar-refractivity contribution in [1.29, 1.82) is 0 Å². The fourth-order valence-corrected chi connectivity index (χ4v) is 3.13. The Bertz CT molecular complexity index is 1010. The van der Waals surface area contributed by atoms with E-state index in [0.29, 0.717) is 26.2 Å². The maximum atomic E-state index is 6.26. The molecule has 0 unspecified atom stereocenters. The van der Waals surface area contributed by atoms with Crippen LogP contribution in [0.15, 0.2) is 58.1 Å². The van der Waals surface area contributed by atoms with Gasteiger partial charge in [-0.25, -0.2) is 5.10 Å². The summed E-state index contributed by atoms with van der Waals surface area (Å²) in [5.41, 5.74) is 1.73. The third-order valence-electron chi connectivity index (χ3n) is 3.22. The average Bonchev–Trinajstić information content (AvgIpc) is 2.94. The van der Waals surface area contributed by atoms with Crippen LogP contribution in [-0.2, 0) is 0 Å².